The van der Waals surface area contributed by atoms with Gasteiger partial charge in [-0.25, -0.2) is 0 Å². The van der Waals surface area contributed by atoms with E-state index >= 15 is 0 Å². The first-order chi connectivity index (χ1) is 27.4. The summed E-state index contributed by atoms with van der Waals surface area (Å²) >= 11 is 0. The van der Waals surface area contributed by atoms with E-state index in [1.54, 1.807) is 0 Å². The van der Waals surface area contributed by atoms with Crippen LogP contribution in [0.5, 0.6) is 0 Å². The van der Waals surface area contributed by atoms with Crippen LogP contribution in [0.25, 0.3) is 99.3 Å². The van der Waals surface area contributed by atoms with Gasteiger partial charge in [-0.05, 0) is 120 Å². The zero-order valence-corrected chi connectivity index (χ0v) is 32.1. The Morgan fingerprint density at radius 3 is 1.75 bits per heavy atom. The lowest BCUT2D eigenvalue weighted by atomic mass is 9.79. The molecule has 0 bridgehead atoms. The van der Waals surface area contributed by atoms with Crippen molar-refractivity contribution in [3.8, 4) is 33.4 Å². The predicted octanol–water partition coefficient (Wildman–Crippen LogP) is 15.6. The summed E-state index contributed by atoms with van der Waals surface area (Å²) in [5.74, 6) is 0. The van der Waals surface area contributed by atoms with Crippen LogP contribution < -0.4 is 0 Å². The normalized spacial score (nSPS) is 13.6. The van der Waals surface area contributed by atoms with Crippen LogP contribution in [-0.4, -0.2) is 0 Å². The first-order valence-corrected chi connectivity index (χ1v) is 19.7. The number of fused-ring (bicyclic) bond motifs is 12. The first kappa shape index (κ1) is 32.7. The second kappa shape index (κ2) is 12.2. The predicted molar refractivity (Wildman–Crippen MR) is 239 cm³/mol. The van der Waals surface area contributed by atoms with Crippen LogP contribution >= 0.6 is 0 Å². The Kier molecular flexibility index (Phi) is 7.10. The zero-order valence-electron chi connectivity index (χ0n) is 32.1. The molecule has 1 aliphatic carbocycles. The van der Waals surface area contributed by atoms with Crippen molar-refractivity contribution in [3.63, 3.8) is 0 Å². The van der Waals surface area contributed by atoms with Gasteiger partial charge in [-0.2, -0.15) is 0 Å². The molecule has 1 nitrogen and oxygen atoms in total. The fourth-order valence-electron chi connectivity index (χ4n) is 9.88. The molecule has 1 heteroatoms. The lowest BCUT2D eigenvalue weighted by Gasteiger charge is -2.24. The molecule has 0 spiro atoms. The summed E-state index contributed by atoms with van der Waals surface area (Å²) in [5.41, 5.74) is 17.2. The van der Waals surface area contributed by atoms with Crippen molar-refractivity contribution >= 4 is 65.9 Å². The Bertz CT molecular complexity index is 3220. The molecule has 56 heavy (non-hydrogen) atoms. The van der Waals surface area contributed by atoms with Crippen LogP contribution in [0.4, 0.5) is 0 Å². The van der Waals surface area contributed by atoms with Crippen molar-refractivity contribution in [2.45, 2.75) is 33.1 Å². The van der Waals surface area contributed by atoms with Crippen molar-refractivity contribution in [2.24, 2.45) is 0 Å². The molecule has 0 amide bonds. The molecule has 0 atom stereocenters. The maximum absolute atomic E-state index is 6.61. The van der Waals surface area contributed by atoms with Gasteiger partial charge >= 0.3 is 0 Å². The zero-order chi connectivity index (χ0) is 37.7. The second-order valence-corrected chi connectivity index (χ2v) is 16.1. The van der Waals surface area contributed by atoms with Gasteiger partial charge in [0.2, 0.25) is 0 Å². The molecule has 0 saturated carbocycles. The van der Waals surface area contributed by atoms with Crippen LogP contribution in [0.3, 0.4) is 0 Å². The van der Waals surface area contributed by atoms with E-state index in [-0.39, 0.29) is 5.41 Å². The summed E-state index contributed by atoms with van der Waals surface area (Å²) in [6.45, 7) is 9.29. The fraction of sp³-hybridized carbons (Fsp3) is 0.0909. The van der Waals surface area contributed by atoms with E-state index in [2.05, 4.69) is 198 Å². The largest absolute Gasteiger partial charge is 0.455 e. The maximum atomic E-state index is 6.61. The number of furan rings is 1. The molecule has 0 fully saturated rings. The van der Waals surface area contributed by atoms with Crippen LogP contribution in [0, 0.1) is 6.92 Å². The Morgan fingerprint density at radius 2 is 1.09 bits per heavy atom. The van der Waals surface area contributed by atoms with Crippen LogP contribution in [0.15, 0.2) is 168 Å². The van der Waals surface area contributed by atoms with Gasteiger partial charge in [0.1, 0.15) is 11.2 Å². The highest BCUT2D eigenvalue weighted by molar-refractivity contribution is 6.25. The average Bonchev–Trinajstić information content (AvgIpc) is 3.73. The smallest absolute Gasteiger partial charge is 0.143 e. The van der Waals surface area contributed by atoms with Gasteiger partial charge in [0.15, 0.2) is 0 Å². The summed E-state index contributed by atoms with van der Waals surface area (Å²) in [7, 11) is 0. The molecule has 0 unspecified atom stereocenters. The Morgan fingerprint density at radius 1 is 0.518 bits per heavy atom. The topological polar surface area (TPSA) is 13.1 Å². The highest BCUT2D eigenvalue weighted by Gasteiger charge is 2.39. The molecule has 1 aromatic heterocycles. The van der Waals surface area contributed by atoms with Gasteiger partial charge < -0.3 is 4.42 Å². The molecule has 10 aromatic rings. The van der Waals surface area contributed by atoms with Gasteiger partial charge in [-0.1, -0.05) is 172 Å². The Labute approximate surface area is 327 Å². The van der Waals surface area contributed by atoms with Gasteiger partial charge in [0.25, 0.3) is 0 Å². The molecule has 9 aromatic carbocycles. The lowest BCUT2D eigenvalue weighted by Crippen LogP contribution is -2.15. The molecule has 1 aliphatic rings. The minimum Gasteiger partial charge on any atom is -0.455 e. The number of rotatable bonds is 4. The SMILES string of the molecule is C/C(=C\c1ccc(-c2c3ccccc3c(-c3ccccc3)c3ccccc23)cc1C)c1ccc2c(c1)C(C)(C)c1c-2c2c3ccccc3oc2c2ccccc12. The van der Waals surface area contributed by atoms with Crippen molar-refractivity contribution in [1.82, 2.24) is 0 Å². The van der Waals surface area contributed by atoms with Crippen molar-refractivity contribution in [3.05, 3.63) is 192 Å². The third-order valence-electron chi connectivity index (χ3n) is 12.5. The van der Waals surface area contributed by atoms with E-state index in [4.69, 9.17) is 4.42 Å². The lowest BCUT2D eigenvalue weighted by molar-refractivity contribution is 0.664. The van der Waals surface area contributed by atoms with Crippen LogP contribution in [0.1, 0.15) is 48.6 Å². The average molecular weight is 717 g/mol. The van der Waals surface area contributed by atoms with E-state index < -0.39 is 0 Å². The van der Waals surface area contributed by atoms with Crippen molar-refractivity contribution in [2.75, 3.05) is 0 Å². The Hall–Kier alpha value is -6.70. The summed E-state index contributed by atoms with van der Waals surface area (Å²) in [4.78, 5) is 0. The van der Waals surface area contributed by atoms with E-state index in [0.717, 1.165) is 11.2 Å². The van der Waals surface area contributed by atoms with Gasteiger partial charge in [-0.15, -0.1) is 0 Å². The fourth-order valence-corrected chi connectivity index (χ4v) is 9.88. The van der Waals surface area contributed by atoms with Gasteiger partial charge in [-0.3, -0.25) is 0 Å². The van der Waals surface area contributed by atoms with E-state index in [1.165, 1.54) is 110 Å². The van der Waals surface area contributed by atoms with Crippen LogP contribution in [0.2, 0.25) is 0 Å². The monoisotopic (exact) mass is 716 g/mol. The molecule has 0 N–H and O–H groups in total. The highest BCUT2D eigenvalue weighted by atomic mass is 16.3. The third-order valence-corrected chi connectivity index (χ3v) is 12.5. The molecule has 11 rings (SSSR count). The maximum Gasteiger partial charge on any atom is 0.143 e. The number of aryl methyl sites for hydroxylation is 1. The number of para-hydroxylation sites is 1. The quantitative estimate of drug-likeness (QED) is 0.131. The minimum atomic E-state index is -0.188. The summed E-state index contributed by atoms with van der Waals surface area (Å²) < 4.78 is 6.61. The summed E-state index contributed by atoms with van der Waals surface area (Å²) in [6.07, 6.45) is 2.36. The summed E-state index contributed by atoms with van der Waals surface area (Å²) in [6, 6.07) is 60.0. The van der Waals surface area contributed by atoms with Gasteiger partial charge in [0, 0.05) is 21.6 Å². The second-order valence-electron chi connectivity index (χ2n) is 16.1. The number of hydrogen-bond acceptors (Lipinski definition) is 1. The number of hydrogen-bond donors (Lipinski definition) is 0. The van der Waals surface area contributed by atoms with E-state index in [1.807, 2.05) is 0 Å². The third kappa shape index (κ3) is 4.67. The highest BCUT2D eigenvalue weighted by Crippen LogP contribution is 2.56. The molecule has 0 saturated heterocycles. The first-order valence-electron chi connectivity index (χ1n) is 19.7. The number of benzene rings is 9. The molecular weight excluding hydrogens is 677 g/mol. The molecule has 0 radical (unpaired) electrons. The van der Waals surface area contributed by atoms with Gasteiger partial charge in [0.05, 0.1) is 0 Å². The number of allylic oxidation sites excluding steroid dienone is 1. The van der Waals surface area contributed by atoms with Crippen LogP contribution in [-0.2, 0) is 5.41 Å². The Balaban J connectivity index is 1.03. The molecular formula is C55H40O. The molecule has 0 aliphatic heterocycles. The molecule has 266 valence electrons. The minimum absolute atomic E-state index is 0.188. The molecule has 1 heterocycles. The summed E-state index contributed by atoms with van der Waals surface area (Å²) in [5, 5.41) is 9.98. The van der Waals surface area contributed by atoms with E-state index in [9.17, 15) is 0 Å². The standard InChI is InChI=1S/C55H40O/c1-33(37-28-29-45-47(32-37)55(3,4)53-43-22-12-13-23-44(43)54-52(51(45)53)46-24-14-15-25-48(46)56-54)30-36-26-27-38(31-34(36)2)50-41-20-10-8-18-39(41)49(35-16-6-5-7-17-35)40-19-9-11-21-42(40)50/h5-32H,1-4H3/b33-30+. The van der Waals surface area contributed by atoms with Crippen molar-refractivity contribution in [1.29, 1.82) is 0 Å². The van der Waals surface area contributed by atoms with E-state index in [0.29, 0.717) is 0 Å². The van der Waals surface area contributed by atoms with Crippen molar-refractivity contribution < 1.29 is 4.42 Å².